The van der Waals surface area contributed by atoms with E-state index >= 15 is 0 Å². The van der Waals surface area contributed by atoms with Crippen molar-refractivity contribution < 1.29 is 14.1 Å². The maximum absolute atomic E-state index is 12.3. The van der Waals surface area contributed by atoms with Gasteiger partial charge in [0.2, 0.25) is 0 Å². The Kier molecular flexibility index (Phi) is 5.50. The van der Waals surface area contributed by atoms with Gasteiger partial charge in [-0.1, -0.05) is 5.16 Å². The van der Waals surface area contributed by atoms with Gasteiger partial charge < -0.3 is 15.2 Å². The zero-order valence-corrected chi connectivity index (χ0v) is 14.9. The largest absolute Gasteiger partial charge is 0.361 e. The first kappa shape index (κ1) is 18.2. The molecule has 9 heteroatoms. The molecule has 0 saturated carbocycles. The second kappa shape index (κ2) is 8.17. The van der Waals surface area contributed by atoms with Gasteiger partial charge in [-0.25, -0.2) is 4.98 Å². The standard InChI is InChI=1S/C18H18N6O3/c1-11-16(12(2)27-24-11)18(26)22-8-13-3-4-20-14(7-13)9-23-17(25)15-10-19-5-6-21-15/h3-7,10H,8-9H2,1-2H3,(H,22,26)(H,23,25). The summed E-state index contributed by atoms with van der Waals surface area (Å²) in [6.45, 7) is 3.96. The molecule has 0 aromatic carbocycles. The molecule has 0 aliphatic heterocycles. The third kappa shape index (κ3) is 4.51. The normalized spacial score (nSPS) is 10.4. The van der Waals surface area contributed by atoms with Gasteiger partial charge in [-0.3, -0.25) is 19.6 Å². The number of carbonyl (C=O) groups excluding carboxylic acids is 2. The predicted octanol–water partition coefficient (Wildman–Crippen LogP) is 1.34. The van der Waals surface area contributed by atoms with E-state index in [0.29, 0.717) is 29.3 Å². The van der Waals surface area contributed by atoms with E-state index in [1.165, 1.54) is 18.6 Å². The Hall–Kier alpha value is -3.62. The highest BCUT2D eigenvalue weighted by atomic mass is 16.5. The van der Waals surface area contributed by atoms with Gasteiger partial charge in [0.25, 0.3) is 11.8 Å². The van der Waals surface area contributed by atoms with E-state index in [-0.39, 0.29) is 24.1 Å². The van der Waals surface area contributed by atoms with Crippen molar-refractivity contribution in [2.75, 3.05) is 0 Å². The van der Waals surface area contributed by atoms with Crippen LogP contribution in [0.5, 0.6) is 0 Å². The summed E-state index contributed by atoms with van der Waals surface area (Å²) in [5.41, 5.74) is 2.75. The number of nitrogens with zero attached hydrogens (tertiary/aromatic N) is 4. The molecular weight excluding hydrogens is 348 g/mol. The first-order valence-electron chi connectivity index (χ1n) is 8.23. The third-order valence-corrected chi connectivity index (χ3v) is 3.82. The smallest absolute Gasteiger partial charge is 0.271 e. The average molecular weight is 366 g/mol. The first-order valence-corrected chi connectivity index (χ1v) is 8.23. The fourth-order valence-electron chi connectivity index (χ4n) is 2.49. The highest BCUT2D eigenvalue weighted by molar-refractivity contribution is 5.96. The monoisotopic (exact) mass is 366 g/mol. The number of aryl methyl sites for hydroxylation is 2. The molecule has 0 unspecified atom stereocenters. The van der Waals surface area contributed by atoms with Crippen LogP contribution in [0.2, 0.25) is 0 Å². The highest BCUT2D eigenvalue weighted by Crippen LogP contribution is 2.12. The number of amides is 2. The molecule has 0 atom stereocenters. The van der Waals surface area contributed by atoms with Gasteiger partial charge in [0, 0.05) is 25.1 Å². The van der Waals surface area contributed by atoms with E-state index in [4.69, 9.17) is 4.52 Å². The van der Waals surface area contributed by atoms with E-state index in [2.05, 4.69) is 30.7 Å². The average Bonchev–Trinajstić information content (AvgIpc) is 3.03. The number of hydrogen-bond acceptors (Lipinski definition) is 7. The van der Waals surface area contributed by atoms with Gasteiger partial charge in [0.1, 0.15) is 17.0 Å². The molecule has 0 spiro atoms. The van der Waals surface area contributed by atoms with Crippen molar-refractivity contribution in [2.45, 2.75) is 26.9 Å². The van der Waals surface area contributed by atoms with Crippen molar-refractivity contribution >= 4 is 11.8 Å². The summed E-state index contributed by atoms with van der Waals surface area (Å²) < 4.78 is 5.01. The fourth-order valence-corrected chi connectivity index (χ4v) is 2.49. The molecule has 0 bridgehead atoms. The number of aromatic nitrogens is 4. The van der Waals surface area contributed by atoms with Crippen LogP contribution in [0.3, 0.4) is 0 Å². The van der Waals surface area contributed by atoms with Crippen molar-refractivity contribution in [3.05, 3.63) is 70.9 Å². The molecule has 0 aliphatic carbocycles. The molecule has 0 saturated heterocycles. The Morgan fingerprint density at radius 1 is 1.04 bits per heavy atom. The van der Waals surface area contributed by atoms with E-state index in [1.54, 1.807) is 26.1 Å². The van der Waals surface area contributed by atoms with Crippen LogP contribution in [0.4, 0.5) is 0 Å². The Morgan fingerprint density at radius 2 is 1.85 bits per heavy atom. The van der Waals surface area contributed by atoms with Gasteiger partial charge in [-0.15, -0.1) is 0 Å². The second-order valence-electron chi connectivity index (χ2n) is 5.81. The molecule has 0 aliphatic rings. The lowest BCUT2D eigenvalue weighted by Gasteiger charge is -2.08. The molecule has 9 nitrogen and oxygen atoms in total. The van der Waals surface area contributed by atoms with Crippen LogP contribution >= 0.6 is 0 Å². The summed E-state index contributed by atoms with van der Waals surface area (Å²) in [5.74, 6) is -0.102. The Labute approximate surface area is 155 Å². The number of rotatable bonds is 6. The predicted molar refractivity (Wildman–Crippen MR) is 94.6 cm³/mol. The van der Waals surface area contributed by atoms with E-state index < -0.39 is 0 Å². The highest BCUT2D eigenvalue weighted by Gasteiger charge is 2.17. The SMILES string of the molecule is Cc1noc(C)c1C(=O)NCc1ccnc(CNC(=O)c2cnccn2)c1. The lowest BCUT2D eigenvalue weighted by atomic mass is 10.1. The molecule has 2 amide bonds. The topological polar surface area (TPSA) is 123 Å². The third-order valence-electron chi connectivity index (χ3n) is 3.82. The van der Waals surface area contributed by atoms with Crippen LogP contribution in [0.1, 0.15) is 43.6 Å². The zero-order valence-electron chi connectivity index (χ0n) is 14.9. The fraction of sp³-hybridized carbons (Fsp3) is 0.222. The van der Waals surface area contributed by atoms with Crippen molar-refractivity contribution in [1.29, 1.82) is 0 Å². The van der Waals surface area contributed by atoms with E-state index in [1.807, 2.05) is 6.07 Å². The number of nitrogens with one attached hydrogen (secondary N) is 2. The first-order chi connectivity index (χ1) is 13.0. The Balaban J connectivity index is 1.57. The quantitative estimate of drug-likeness (QED) is 0.675. The van der Waals surface area contributed by atoms with Gasteiger partial charge in [0.15, 0.2) is 0 Å². The Bertz CT molecular complexity index is 935. The number of pyridine rings is 1. The van der Waals surface area contributed by atoms with Crippen molar-refractivity contribution in [1.82, 2.24) is 30.7 Å². The van der Waals surface area contributed by atoms with Gasteiger partial charge in [-0.05, 0) is 31.5 Å². The molecular formula is C18H18N6O3. The molecule has 2 N–H and O–H groups in total. The summed E-state index contributed by atoms with van der Waals surface area (Å²) in [5, 5.41) is 9.34. The molecule has 3 heterocycles. The van der Waals surface area contributed by atoms with Gasteiger partial charge in [-0.2, -0.15) is 0 Å². The maximum Gasteiger partial charge on any atom is 0.271 e. The van der Waals surface area contributed by atoms with Crippen molar-refractivity contribution in [3.8, 4) is 0 Å². The van der Waals surface area contributed by atoms with Crippen LogP contribution in [-0.2, 0) is 13.1 Å². The summed E-state index contributed by atoms with van der Waals surface area (Å²) in [7, 11) is 0. The van der Waals surface area contributed by atoms with Crippen molar-refractivity contribution in [3.63, 3.8) is 0 Å². The van der Waals surface area contributed by atoms with Gasteiger partial charge in [0.05, 0.1) is 24.1 Å². The second-order valence-corrected chi connectivity index (χ2v) is 5.81. The summed E-state index contributed by atoms with van der Waals surface area (Å²) in [6.07, 6.45) is 5.97. The minimum absolute atomic E-state index is 0.236. The summed E-state index contributed by atoms with van der Waals surface area (Å²) >= 11 is 0. The summed E-state index contributed by atoms with van der Waals surface area (Å²) in [4.78, 5) is 36.3. The van der Waals surface area contributed by atoms with Crippen LogP contribution in [-0.4, -0.2) is 31.9 Å². The maximum atomic E-state index is 12.3. The molecule has 138 valence electrons. The zero-order chi connectivity index (χ0) is 19.2. The van der Waals surface area contributed by atoms with E-state index in [9.17, 15) is 9.59 Å². The number of carbonyl (C=O) groups is 2. The molecule has 3 rings (SSSR count). The number of hydrogen-bond donors (Lipinski definition) is 2. The molecule has 27 heavy (non-hydrogen) atoms. The van der Waals surface area contributed by atoms with Crippen LogP contribution < -0.4 is 10.6 Å². The lowest BCUT2D eigenvalue weighted by Crippen LogP contribution is -2.25. The van der Waals surface area contributed by atoms with Crippen molar-refractivity contribution in [2.24, 2.45) is 0 Å². The van der Waals surface area contributed by atoms with E-state index in [0.717, 1.165) is 5.56 Å². The summed E-state index contributed by atoms with van der Waals surface area (Å²) in [6, 6.07) is 3.60. The Morgan fingerprint density at radius 3 is 2.56 bits per heavy atom. The molecule has 3 aromatic heterocycles. The lowest BCUT2D eigenvalue weighted by molar-refractivity contribution is 0.0939. The molecule has 3 aromatic rings. The van der Waals surface area contributed by atoms with Crippen LogP contribution in [0, 0.1) is 13.8 Å². The van der Waals surface area contributed by atoms with Crippen LogP contribution in [0.15, 0.2) is 41.4 Å². The van der Waals surface area contributed by atoms with Gasteiger partial charge >= 0.3 is 0 Å². The molecule has 0 fully saturated rings. The minimum atomic E-state index is -0.331. The molecule has 0 radical (unpaired) electrons. The minimum Gasteiger partial charge on any atom is -0.361 e. The van der Waals surface area contributed by atoms with Crippen LogP contribution in [0.25, 0.3) is 0 Å².